The minimum atomic E-state index is -0.324. The molecule has 2 aliphatic heterocycles. The average Bonchev–Trinajstić information content (AvgIpc) is 2.91. The second-order valence-electron chi connectivity index (χ2n) is 9.11. The van der Waals surface area contributed by atoms with E-state index in [0.717, 1.165) is 12.1 Å². The molecule has 2 aliphatic rings. The van der Waals surface area contributed by atoms with Gasteiger partial charge in [-0.2, -0.15) is 0 Å². The molecule has 3 amide bonds. The maximum atomic E-state index is 14.1. The summed E-state index contributed by atoms with van der Waals surface area (Å²) in [6, 6.07) is 19.8. The summed E-state index contributed by atoms with van der Waals surface area (Å²) in [6.45, 7) is 3.73. The summed E-state index contributed by atoms with van der Waals surface area (Å²) in [5, 5.41) is 0. The first-order valence-electron chi connectivity index (χ1n) is 12.2. The van der Waals surface area contributed by atoms with E-state index in [9.17, 15) is 18.4 Å². The van der Waals surface area contributed by atoms with Gasteiger partial charge in [-0.25, -0.2) is 13.6 Å². The van der Waals surface area contributed by atoms with Gasteiger partial charge in [0.1, 0.15) is 11.6 Å². The van der Waals surface area contributed by atoms with Crippen molar-refractivity contribution >= 4 is 23.3 Å². The van der Waals surface area contributed by atoms with Gasteiger partial charge in [0.2, 0.25) is 0 Å². The number of carbonyl (C=O) groups is 2. The molecule has 0 saturated carbocycles. The molecule has 0 spiro atoms. The van der Waals surface area contributed by atoms with Crippen LogP contribution in [-0.2, 0) is 6.54 Å². The average molecular weight is 491 g/mol. The van der Waals surface area contributed by atoms with Crippen molar-refractivity contribution in [3.63, 3.8) is 0 Å². The molecule has 0 N–H and O–H groups in total. The highest BCUT2D eigenvalue weighted by molar-refractivity contribution is 5.98. The fourth-order valence-corrected chi connectivity index (χ4v) is 4.81. The maximum Gasteiger partial charge on any atom is 0.324 e. The van der Waals surface area contributed by atoms with Gasteiger partial charge in [0.15, 0.2) is 0 Å². The van der Waals surface area contributed by atoms with Crippen molar-refractivity contribution in [2.45, 2.75) is 13.0 Å². The molecule has 0 radical (unpaired) electrons. The number of piperazine rings is 1. The molecule has 0 unspecified atom stereocenters. The van der Waals surface area contributed by atoms with Crippen molar-refractivity contribution in [3.05, 3.63) is 95.6 Å². The Hall–Kier alpha value is -3.94. The lowest BCUT2D eigenvalue weighted by Crippen LogP contribution is -2.49. The smallest absolute Gasteiger partial charge is 0.324 e. The number of urea groups is 1. The third kappa shape index (κ3) is 5.03. The Labute approximate surface area is 209 Å². The summed E-state index contributed by atoms with van der Waals surface area (Å²) >= 11 is 0. The highest BCUT2D eigenvalue weighted by Crippen LogP contribution is 2.24. The van der Waals surface area contributed by atoms with Gasteiger partial charge in [-0.05, 0) is 55.0 Å². The summed E-state index contributed by atoms with van der Waals surface area (Å²) in [6.07, 6.45) is 0.754. The normalized spacial score (nSPS) is 16.4. The van der Waals surface area contributed by atoms with Crippen molar-refractivity contribution in [1.29, 1.82) is 0 Å². The van der Waals surface area contributed by atoms with E-state index in [1.165, 1.54) is 18.2 Å². The van der Waals surface area contributed by atoms with Crippen LogP contribution in [0.2, 0.25) is 0 Å². The Morgan fingerprint density at radius 1 is 0.778 bits per heavy atom. The van der Waals surface area contributed by atoms with Crippen LogP contribution in [-0.4, -0.2) is 61.0 Å². The molecule has 0 atom stereocenters. The molecule has 8 heteroatoms. The number of nitrogens with zero attached hydrogens (tertiary/aromatic N) is 4. The summed E-state index contributed by atoms with van der Waals surface area (Å²) in [4.78, 5) is 33.7. The van der Waals surface area contributed by atoms with Gasteiger partial charge in [-0.3, -0.25) is 9.69 Å². The monoisotopic (exact) mass is 490 g/mol. The summed E-state index contributed by atoms with van der Waals surface area (Å²) < 4.78 is 27.4. The lowest BCUT2D eigenvalue weighted by molar-refractivity contribution is 0.0746. The van der Waals surface area contributed by atoms with Gasteiger partial charge >= 0.3 is 6.03 Å². The zero-order valence-corrected chi connectivity index (χ0v) is 19.9. The molecule has 3 aromatic rings. The maximum absolute atomic E-state index is 14.1. The molecule has 2 saturated heterocycles. The zero-order valence-electron chi connectivity index (χ0n) is 19.9. The van der Waals surface area contributed by atoms with Gasteiger partial charge in [-0.1, -0.05) is 24.3 Å². The Morgan fingerprint density at radius 2 is 1.53 bits per heavy atom. The lowest BCUT2D eigenvalue weighted by Gasteiger charge is -2.37. The van der Waals surface area contributed by atoms with E-state index in [1.54, 1.807) is 58.3 Å². The molecule has 2 fully saturated rings. The molecule has 2 heterocycles. The van der Waals surface area contributed by atoms with Crippen LogP contribution < -0.4 is 9.80 Å². The van der Waals surface area contributed by atoms with Crippen molar-refractivity contribution in [2.75, 3.05) is 49.1 Å². The number of carbonyl (C=O) groups excluding carboxylic acids is 2. The summed E-state index contributed by atoms with van der Waals surface area (Å²) in [7, 11) is 0. The molecule has 0 aromatic heterocycles. The Bertz CT molecular complexity index is 1240. The molecule has 186 valence electrons. The number of rotatable bonds is 5. The number of hydrogen-bond acceptors (Lipinski definition) is 3. The topological polar surface area (TPSA) is 47.1 Å². The van der Waals surface area contributed by atoms with E-state index in [0.29, 0.717) is 56.1 Å². The van der Waals surface area contributed by atoms with Crippen LogP contribution in [0.15, 0.2) is 72.8 Å². The van der Waals surface area contributed by atoms with Gasteiger partial charge in [0.25, 0.3) is 5.91 Å². The second kappa shape index (κ2) is 10.4. The van der Waals surface area contributed by atoms with Crippen LogP contribution in [0.4, 0.5) is 25.0 Å². The minimum Gasteiger partial charge on any atom is -0.368 e. The van der Waals surface area contributed by atoms with Gasteiger partial charge in [0.05, 0.1) is 6.54 Å². The quantitative estimate of drug-likeness (QED) is 0.518. The Morgan fingerprint density at radius 3 is 2.28 bits per heavy atom. The molecular formula is C28H28F2N4O2. The second-order valence-corrected chi connectivity index (χ2v) is 9.11. The first-order chi connectivity index (χ1) is 17.5. The third-order valence-corrected chi connectivity index (χ3v) is 6.79. The molecular weight excluding hydrogens is 462 g/mol. The molecule has 5 rings (SSSR count). The van der Waals surface area contributed by atoms with Crippen molar-refractivity contribution < 1.29 is 18.4 Å². The van der Waals surface area contributed by atoms with Gasteiger partial charge in [-0.15, -0.1) is 0 Å². The van der Waals surface area contributed by atoms with Crippen molar-refractivity contribution in [3.8, 4) is 0 Å². The van der Waals surface area contributed by atoms with Crippen LogP contribution in [0, 0.1) is 11.6 Å². The summed E-state index contributed by atoms with van der Waals surface area (Å²) in [5.41, 5.74) is 2.61. The van der Waals surface area contributed by atoms with E-state index in [2.05, 4.69) is 4.90 Å². The van der Waals surface area contributed by atoms with Crippen molar-refractivity contribution in [1.82, 2.24) is 9.80 Å². The van der Waals surface area contributed by atoms with E-state index in [-0.39, 0.29) is 30.1 Å². The lowest BCUT2D eigenvalue weighted by atomic mass is 10.1. The first kappa shape index (κ1) is 23.8. The molecule has 0 bridgehead atoms. The van der Waals surface area contributed by atoms with Gasteiger partial charge in [0, 0.05) is 61.8 Å². The van der Waals surface area contributed by atoms with Crippen LogP contribution in [0.5, 0.6) is 0 Å². The van der Waals surface area contributed by atoms with Gasteiger partial charge < -0.3 is 14.7 Å². The number of anilines is 2. The first-order valence-corrected chi connectivity index (χ1v) is 12.2. The number of hydrogen-bond donors (Lipinski definition) is 0. The Kier molecular flexibility index (Phi) is 6.84. The summed E-state index contributed by atoms with van der Waals surface area (Å²) in [5.74, 6) is -0.673. The molecule has 0 aliphatic carbocycles. The van der Waals surface area contributed by atoms with Crippen LogP contribution in [0.3, 0.4) is 0 Å². The minimum absolute atomic E-state index is 0.0803. The van der Waals surface area contributed by atoms with Crippen LogP contribution in [0.1, 0.15) is 22.3 Å². The molecule has 6 nitrogen and oxygen atoms in total. The van der Waals surface area contributed by atoms with E-state index >= 15 is 0 Å². The van der Waals surface area contributed by atoms with E-state index < -0.39 is 0 Å². The predicted molar refractivity (Wildman–Crippen MR) is 135 cm³/mol. The SMILES string of the molecule is O=C(c1cccc(N2CCCN(Cc3ccccc3F)C2=O)c1)N1CCN(c2ccc(F)cc2)CC1. The molecule has 3 aromatic carbocycles. The van der Waals surface area contributed by atoms with Crippen LogP contribution >= 0.6 is 0 Å². The van der Waals surface area contributed by atoms with Crippen molar-refractivity contribution in [2.24, 2.45) is 0 Å². The zero-order chi connectivity index (χ0) is 25.1. The van der Waals surface area contributed by atoms with E-state index in [4.69, 9.17) is 0 Å². The number of amides is 3. The van der Waals surface area contributed by atoms with Crippen LogP contribution in [0.25, 0.3) is 0 Å². The number of halogens is 2. The largest absolute Gasteiger partial charge is 0.368 e. The number of benzene rings is 3. The fourth-order valence-electron chi connectivity index (χ4n) is 4.81. The highest BCUT2D eigenvalue weighted by atomic mass is 19.1. The third-order valence-electron chi connectivity index (χ3n) is 6.79. The fraction of sp³-hybridized carbons (Fsp3) is 0.286. The standard InChI is InChI=1S/C28H28F2N4O2/c29-23-9-11-24(12-10-23)31-15-17-32(18-16-31)27(35)21-6-3-7-25(19-21)34-14-4-13-33(28(34)36)20-22-5-1-2-8-26(22)30/h1-3,5-12,19H,4,13-18,20H2. The highest BCUT2D eigenvalue weighted by Gasteiger charge is 2.28. The molecule has 36 heavy (non-hydrogen) atoms. The Balaban J connectivity index is 1.25. The van der Waals surface area contributed by atoms with E-state index in [1.807, 2.05) is 11.0 Å². The predicted octanol–water partition coefficient (Wildman–Crippen LogP) is 4.76.